The van der Waals surface area contributed by atoms with Crippen molar-refractivity contribution >= 4 is 15.7 Å². The molecule has 0 radical (unpaired) electrons. The van der Waals surface area contributed by atoms with Gasteiger partial charge in [-0.3, -0.25) is 5.10 Å². The summed E-state index contributed by atoms with van der Waals surface area (Å²) in [6, 6.07) is 4.87. The maximum Gasteiger partial charge on any atom is 0.243 e. The number of aromatic nitrogens is 2. The smallest absolute Gasteiger partial charge is 0.243 e. The lowest BCUT2D eigenvalue weighted by molar-refractivity contribution is 0.467. The first-order valence-electron chi connectivity index (χ1n) is 6.27. The van der Waals surface area contributed by atoms with E-state index in [1.807, 2.05) is 6.92 Å². The van der Waals surface area contributed by atoms with E-state index in [1.54, 1.807) is 24.5 Å². The Morgan fingerprint density at radius 1 is 1.40 bits per heavy atom. The molecule has 2 rings (SSSR count). The summed E-state index contributed by atoms with van der Waals surface area (Å²) in [6.45, 7) is 2.24. The molecule has 0 aliphatic rings. The summed E-state index contributed by atoms with van der Waals surface area (Å²) in [7, 11) is -2.02. The molecule has 0 saturated carbocycles. The van der Waals surface area contributed by atoms with Crippen molar-refractivity contribution < 1.29 is 8.42 Å². The van der Waals surface area contributed by atoms with E-state index < -0.39 is 10.0 Å². The van der Waals surface area contributed by atoms with E-state index in [-0.39, 0.29) is 11.4 Å². The third-order valence-corrected chi connectivity index (χ3v) is 4.97. The van der Waals surface area contributed by atoms with Gasteiger partial charge in [-0.1, -0.05) is 13.0 Å². The summed E-state index contributed by atoms with van der Waals surface area (Å²) >= 11 is 0. The molecule has 6 nitrogen and oxygen atoms in total. The number of sulfonamides is 1. The molecule has 0 unspecified atom stereocenters. The van der Waals surface area contributed by atoms with E-state index >= 15 is 0 Å². The summed E-state index contributed by atoms with van der Waals surface area (Å²) < 4.78 is 26.2. The number of nitrogens with zero attached hydrogens (tertiary/aromatic N) is 2. The average Bonchev–Trinajstić information content (AvgIpc) is 2.91. The summed E-state index contributed by atoms with van der Waals surface area (Å²) in [5.41, 5.74) is 8.12. The monoisotopic (exact) mass is 294 g/mol. The summed E-state index contributed by atoms with van der Waals surface area (Å²) in [5, 5.41) is 6.46. The van der Waals surface area contributed by atoms with Crippen molar-refractivity contribution in [3.8, 4) is 0 Å². The number of aryl methyl sites for hydroxylation is 1. The van der Waals surface area contributed by atoms with Gasteiger partial charge in [0.1, 0.15) is 0 Å². The van der Waals surface area contributed by atoms with Crippen LogP contribution in [0.4, 0.5) is 5.69 Å². The van der Waals surface area contributed by atoms with Gasteiger partial charge in [-0.25, -0.2) is 8.42 Å². The highest BCUT2D eigenvalue weighted by molar-refractivity contribution is 7.89. The van der Waals surface area contributed by atoms with Gasteiger partial charge in [0.25, 0.3) is 0 Å². The second kappa shape index (κ2) is 5.64. The zero-order valence-electron chi connectivity index (χ0n) is 11.5. The molecule has 0 aliphatic carbocycles. The Morgan fingerprint density at radius 3 is 2.70 bits per heavy atom. The molecule has 0 spiro atoms. The van der Waals surface area contributed by atoms with Crippen molar-refractivity contribution in [2.45, 2.75) is 24.8 Å². The fourth-order valence-corrected chi connectivity index (χ4v) is 3.14. The van der Waals surface area contributed by atoms with Gasteiger partial charge in [0.05, 0.1) is 11.1 Å². The van der Waals surface area contributed by atoms with Crippen LogP contribution in [0.5, 0.6) is 0 Å². The average molecular weight is 294 g/mol. The number of nitrogens with one attached hydrogen (secondary N) is 1. The number of nitrogens with two attached hydrogens (primary N) is 1. The topological polar surface area (TPSA) is 92.1 Å². The Balaban J connectivity index is 2.27. The van der Waals surface area contributed by atoms with Crippen LogP contribution in [0, 0.1) is 0 Å². The van der Waals surface area contributed by atoms with Crippen molar-refractivity contribution in [3.63, 3.8) is 0 Å². The lowest BCUT2D eigenvalue weighted by atomic mass is 10.1. The van der Waals surface area contributed by atoms with Crippen LogP contribution >= 0.6 is 0 Å². The largest absolute Gasteiger partial charge is 0.398 e. The van der Waals surface area contributed by atoms with Gasteiger partial charge in [-0.05, 0) is 24.1 Å². The molecule has 3 N–H and O–H groups in total. The third-order valence-electron chi connectivity index (χ3n) is 3.17. The number of benzene rings is 1. The van der Waals surface area contributed by atoms with Gasteiger partial charge in [0.2, 0.25) is 10.0 Å². The van der Waals surface area contributed by atoms with Gasteiger partial charge in [-0.15, -0.1) is 0 Å². The Kier molecular flexibility index (Phi) is 4.10. The molecular formula is C13H18N4O2S. The van der Waals surface area contributed by atoms with Gasteiger partial charge >= 0.3 is 0 Å². The second-order valence-corrected chi connectivity index (χ2v) is 6.63. The molecule has 7 heteroatoms. The number of hydrogen-bond donors (Lipinski definition) is 2. The molecule has 0 bridgehead atoms. The lowest BCUT2D eigenvalue weighted by Crippen LogP contribution is -2.26. The summed E-state index contributed by atoms with van der Waals surface area (Å²) in [6.07, 6.45) is 4.04. The first-order chi connectivity index (χ1) is 9.45. The predicted octanol–water partition coefficient (Wildman–Crippen LogP) is 1.38. The zero-order valence-corrected chi connectivity index (χ0v) is 12.3. The van der Waals surface area contributed by atoms with E-state index in [2.05, 4.69) is 10.2 Å². The number of rotatable bonds is 5. The highest BCUT2D eigenvalue weighted by atomic mass is 32.2. The lowest BCUT2D eigenvalue weighted by Gasteiger charge is -2.17. The van der Waals surface area contributed by atoms with E-state index in [9.17, 15) is 8.42 Å². The maximum absolute atomic E-state index is 12.4. The molecule has 0 saturated heterocycles. The molecule has 0 fully saturated rings. The maximum atomic E-state index is 12.4. The van der Waals surface area contributed by atoms with E-state index in [0.29, 0.717) is 5.69 Å². The highest BCUT2D eigenvalue weighted by Crippen LogP contribution is 2.22. The number of anilines is 1. The molecule has 108 valence electrons. The number of hydrogen-bond acceptors (Lipinski definition) is 4. The minimum absolute atomic E-state index is 0.207. The van der Waals surface area contributed by atoms with Gasteiger partial charge in [0, 0.05) is 31.0 Å². The highest BCUT2D eigenvalue weighted by Gasteiger charge is 2.21. The molecule has 1 aromatic heterocycles. The third kappa shape index (κ3) is 2.83. The predicted molar refractivity (Wildman–Crippen MR) is 77.5 cm³/mol. The van der Waals surface area contributed by atoms with Crippen LogP contribution in [0.2, 0.25) is 0 Å². The van der Waals surface area contributed by atoms with Crippen LogP contribution in [0.15, 0.2) is 35.5 Å². The first kappa shape index (κ1) is 14.5. The van der Waals surface area contributed by atoms with Crippen molar-refractivity contribution in [2.75, 3.05) is 12.8 Å². The summed E-state index contributed by atoms with van der Waals surface area (Å²) in [5.74, 6) is 0. The molecule has 1 aromatic carbocycles. The van der Waals surface area contributed by atoms with Gasteiger partial charge in [-0.2, -0.15) is 9.40 Å². The van der Waals surface area contributed by atoms with Gasteiger partial charge < -0.3 is 5.73 Å². The number of nitrogen functional groups attached to an aromatic ring is 1. The number of H-pyrrole nitrogens is 1. The van der Waals surface area contributed by atoms with E-state index in [0.717, 1.165) is 17.5 Å². The fraction of sp³-hybridized carbons (Fsp3) is 0.308. The Bertz CT molecular complexity index is 680. The Hall–Kier alpha value is -1.86. The minimum Gasteiger partial charge on any atom is -0.398 e. The standard InChI is InChI=1S/C13H18N4O2S/c1-3-11-4-5-12(6-13(11)14)20(18,19)17(2)9-10-7-15-16-8-10/h4-8H,3,9,14H2,1-2H3,(H,15,16). The van der Waals surface area contributed by atoms with Crippen LogP contribution in [0.25, 0.3) is 0 Å². The Labute approximate surface area is 118 Å². The van der Waals surface area contributed by atoms with Crippen molar-refractivity contribution in [2.24, 2.45) is 0 Å². The van der Waals surface area contributed by atoms with Crippen LogP contribution in [-0.4, -0.2) is 30.0 Å². The SMILES string of the molecule is CCc1ccc(S(=O)(=O)N(C)Cc2cn[nH]c2)cc1N. The molecule has 0 aliphatic heterocycles. The van der Waals surface area contributed by atoms with Crippen LogP contribution in [0.3, 0.4) is 0 Å². The normalized spacial score (nSPS) is 11.9. The molecule has 1 heterocycles. The van der Waals surface area contributed by atoms with Crippen LogP contribution in [0.1, 0.15) is 18.1 Å². The molecule has 20 heavy (non-hydrogen) atoms. The Morgan fingerprint density at radius 2 is 2.15 bits per heavy atom. The fourth-order valence-electron chi connectivity index (χ4n) is 1.94. The van der Waals surface area contributed by atoms with Crippen molar-refractivity contribution in [3.05, 3.63) is 41.7 Å². The molecule has 0 amide bonds. The molecule has 2 aromatic rings. The molecule has 0 atom stereocenters. The quantitative estimate of drug-likeness (QED) is 0.815. The van der Waals surface area contributed by atoms with E-state index in [1.165, 1.54) is 17.4 Å². The van der Waals surface area contributed by atoms with Crippen LogP contribution < -0.4 is 5.73 Å². The first-order valence-corrected chi connectivity index (χ1v) is 7.71. The van der Waals surface area contributed by atoms with Gasteiger partial charge in [0.15, 0.2) is 0 Å². The second-order valence-electron chi connectivity index (χ2n) is 4.58. The van der Waals surface area contributed by atoms with E-state index in [4.69, 9.17) is 5.73 Å². The minimum atomic E-state index is -3.55. The van der Waals surface area contributed by atoms with Crippen molar-refractivity contribution in [1.82, 2.24) is 14.5 Å². The zero-order chi connectivity index (χ0) is 14.8. The summed E-state index contributed by atoms with van der Waals surface area (Å²) in [4.78, 5) is 0.207. The molecular weight excluding hydrogens is 276 g/mol. The van der Waals surface area contributed by atoms with Crippen LogP contribution in [-0.2, 0) is 23.0 Å². The van der Waals surface area contributed by atoms with Crippen molar-refractivity contribution in [1.29, 1.82) is 0 Å². The number of aromatic amines is 1.